The predicted octanol–water partition coefficient (Wildman–Crippen LogP) is 5.44. The van der Waals surface area contributed by atoms with Crippen LogP contribution in [0.2, 0.25) is 32.7 Å². The van der Waals surface area contributed by atoms with Gasteiger partial charge in [-0.25, -0.2) is 0 Å². The van der Waals surface area contributed by atoms with E-state index in [4.69, 9.17) is 0 Å². The number of thioether (sulfide) groups is 1. The first-order valence-corrected chi connectivity index (χ1v) is 17.7. The first-order valence-electron chi connectivity index (χ1n) is 10.2. The van der Waals surface area contributed by atoms with Crippen LogP contribution in [0.1, 0.15) is 5.56 Å². The van der Waals surface area contributed by atoms with Crippen molar-refractivity contribution >= 4 is 33.1 Å². The highest BCUT2D eigenvalue weighted by atomic mass is 32.2. The molecular formula is C25H31OSSi2-. The quantitative estimate of drug-likeness (QED) is 0.364. The van der Waals surface area contributed by atoms with Gasteiger partial charge >= 0.3 is 0 Å². The molecule has 0 bridgehead atoms. The second-order valence-corrected chi connectivity index (χ2v) is 20.7. The van der Waals surface area contributed by atoms with Gasteiger partial charge < -0.3 is 5.11 Å². The van der Waals surface area contributed by atoms with Gasteiger partial charge in [0.2, 0.25) is 0 Å². The monoisotopic (exact) mass is 435 g/mol. The summed E-state index contributed by atoms with van der Waals surface area (Å²) in [5, 5.41) is 15.4. The smallest absolute Gasteiger partial charge is 0.0754 e. The van der Waals surface area contributed by atoms with Crippen LogP contribution in [-0.2, 0) is 5.22 Å². The van der Waals surface area contributed by atoms with Crippen LogP contribution in [0.5, 0.6) is 0 Å². The van der Waals surface area contributed by atoms with Crippen molar-refractivity contribution in [2.24, 2.45) is 0 Å². The molecule has 0 aromatic heterocycles. The Kier molecular flexibility index (Phi) is 6.59. The lowest BCUT2D eigenvalue weighted by atomic mass is 10.1. The zero-order valence-electron chi connectivity index (χ0n) is 18.1. The first-order chi connectivity index (χ1) is 13.7. The number of hydrogen-bond acceptors (Lipinski definition) is 2. The summed E-state index contributed by atoms with van der Waals surface area (Å²) >= 11 is 1.80. The van der Waals surface area contributed by atoms with Crippen molar-refractivity contribution < 1.29 is 5.11 Å². The third-order valence-corrected chi connectivity index (χ3v) is 16.1. The summed E-state index contributed by atoms with van der Waals surface area (Å²) in [5.74, 6) is 0. The lowest BCUT2D eigenvalue weighted by Crippen LogP contribution is -2.75. The molecule has 0 aliphatic heterocycles. The fourth-order valence-corrected chi connectivity index (χ4v) is 14.6. The van der Waals surface area contributed by atoms with Crippen LogP contribution in [0, 0.1) is 0 Å². The van der Waals surface area contributed by atoms with Crippen LogP contribution in [-0.4, -0.2) is 21.0 Å². The highest BCUT2D eigenvalue weighted by molar-refractivity contribution is 8.01. The second-order valence-electron chi connectivity index (χ2n) is 9.27. The van der Waals surface area contributed by atoms with Crippen molar-refractivity contribution in [3.05, 3.63) is 96.6 Å². The number of hydrogen-bond donors (Lipinski definition) is 0. The summed E-state index contributed by atoms with van der Waals surface area (Å²) < 4.78 is 0. The highest BCUT2D eigenvalue weighted by Gasteiger charge is 2.49. The average Bonchev–Trinajstić information content (AvgIpc) is 2.72. The third-order valence-electron chi connectivity index (χ3n) is 5.78. The molecule has 0 saturated heterocycles. The minimum Gasteiger partial charge on any atom is -0.847 e. The first kappa shape index (κ1) is 22.1. The van der Waals surface area contributed by atoms with E-state index in [1.54, 1.807) is 11.8 Å². The summed E-state index contributed by atoms with van der Waals surface area (Å²) in [6.07, 6.45) is 0. The molecule has 0 amide bonds. The molecule has 0 fully saturated rings. The van der Waals surface area contributed by atoms with E-state index in [-0.39, 0.29) is 4.87 Å². The Bertz CT molecular complexity index is 908. The zero-order valence-corrected chi connectivity index (χ0v) is 20.9. The van der Waals surface area contributed by atoms with E-state index in [1.807, 2.05) is 30.3 Å². The van der Waals surface area contributed by atoms with Gasteiger partial charge in [0.25, 0.3) is 0 Å². The largest absolute Gasteiger partial charge is 0.847 e. The fraction of sp³-hybridized carbons (Fsp3) is 0.280. The topological polar surface area (TPSA) is 23.1 Å². The van der Waals surface area contributed by atoms with Gasteiger partial charge in [0, 0.05) is 4.90 Å². The fourth-order valence-electron chi connectivity index (χ4n) is 4.10. The molecule has 29 heavy (non-hydrogen) atoms. The Morgan fingerprint density at radius 1 is 0.690 bits per heavy atom. The van der Waals surface area contributed by atoms with Crippen molar-refractivity contribution in [3.8, 4) is 0 Å². The van der Waals surface area contributed by atoms with Crippen LogP contribution in [0.4, 0.5) is 0 Å². The SMILES string of the molecule is C[Si](C)(C)C(Sc1ccccc1)C([O-])(c1ccccc1)[Si](C)(C)c1ccccc1. The molecule has 0 radical (unpaired) electrons. The maximum absolute atomic E-state index is 15.4. The molecule has 152 valence electrons. The van der Waals surface area contributed by atoms with Crippen molar-refractivity contribution in [2.45, 2.75) is 47.7 Å². The van der Waals surface area contributed by atoms with E-state index < -0.39 is 21.4 Å². The Labute approximate surface area is 182 Å². The second kappa shape index (κ2) is 8.64. The molecule has 0 spiro atoms. The van der Waals surface area contributed by atoms with Crippen molar-refractivity contribution in [3.63, 3.8) is 0 Å². The van der Waals surface area contributed by atoms with Crippen molar-refractivity contribution in [2.75, 3.05) is 0 Å². The lowest BCUT2D eigenvalue weighted by Gasteiger charge is -2.60. The predicted molar refractivity (Wildman–Crippen MR) is 131 cm³/mol. The van der Waals surface area contributed by atoms with Crippen LogP contribution in [0.3, 0.4) is 0 Å². The molecule has 4 heteroatoms. The van der Waals surface area contributed by atoms with E-state index in [2.05, 4.69) is 93.4 Å². The maximum Gasteiger partial charge on any atom is 0.0754 e. The van der Waals surface area contributed by atoms with Gasteiger partial charge in [-0.1, -0.05) is 128 Å². The highest BCUT2D eigenvalue weighted by Crippen LogP contribution is 2.45. The van der Waals surface area contributed by atoms with Crippen molar-refractivity contribution in [1.82, 2.24) is 0 Å². The van der Waals surface area contributed by atoms with Gasteiger partial charge in [-0.2, -0.15) is 0 Å². The van der Waals surface area contributed by atoms with Crippen LogP contribution in [0.25, 0.3) is 0 Å². The molecule has 0 aliphatic carbocycles. The van der Waals surface area contributed by atoms with E-state index in [9.17, 15) is 0 Å². The van der Waals surface area contributed by atoms with E-state index in [0.717, 1.165) is 5.56 Å². The van der Waals surface area contributed by atoms with E-state index >= 15 is 5.11 Å². The van der Waals surface area contributed by atoms with Gasteiger partial charge in [0.15, 0.2) is 0 Å². The lowest BCUT2D eigenvalue weighted by molar-refractivity contribution is -0.451. The molecule has 0 aliphatic rings. The molecule has 1 nitrogen and oxygen atoms in total. The Balaban J connectivity index is 2.23. The standard InChI is InChI=1S/C25H31OSSi2/c1-28(2,3)24(27-22-17-11-7-12-18-22)25(26,21-15-9-6-10-16-21)29(4,5)23-19-13-8-14-20-23/h6-20,24H,1-5H3/q-1. The van der Waals surface area contributed by atoms with Gasteiger partial charge in [-0.05, 0) is 17.0 Å². The van der Waals surface area contributed by atoms with Crippen LogP contribution in [0.15, 0.2) is 95.9 Å². The summed E-state index contributed by atoms with van der Waals surface area (Å²) in [5.41, 5.74) is 0.941. The zero-order chi connectivity index (χ0) is 21.1. The summed E-state index contributed by atoms with van der Waals surface area (Å²) in [7, 11) is -4.29. The maximum atomic E-state index is 15.4. The molecule has 2 atom stereocenters. The Morgan fingerprint density at radius 2 is 1.14 bits per heavy atom. The van der Waals surface area contributed by atoms with Gasteiger partial charge in [-0.15, -0.1) is 11.8 Å². The molecule has 3 aromatic carbocycles. The van der Waals surface area contributed by atoms with Gasteiger partial charge in [0.1, 0.15) is 0 Å². The van der Waals surface area contributed by atoms with Crippen LogP contribution >= 0.6 is 11.8 Å². The molecule has 3 rings (SSSR count). The molecule has 2 unspecified atom stereocenters. The number of rotatable bonds is 7. The molecule has 0 saturated carbocycles. The van der Waals surface area contributed by atoms with Crippen molar-refractivity contribution in [1.29, 1.82) is 0 Å². The summed E-state index contributed by atoms with van der Waals surface area (Å²) in [6.45, 7) is 11.6. The van der Waals surface area contributed by atoms with Gasteiger partial charge in [-0.3, -0.25) is 0 Å². The number of benzene rings is 3. The Hall–Kier alpha value is -1.60. The van der Waals surface area contributed by atoms with Crippen LogP contribution < -0.4 is 10.3 Å². The third kappa shape index (κ3) is 4.46. The minimum absolute atomic E-state index is 0.0154. The molecular weight excluding hydrogens is 405 g/mol. The molecule has 0 N–H and O–H groups in total. The normalized spacial score (nSPS) is 15.5. The minimum atomic E-state index is -2.44. The van der Waals surface area contributed by atoms with E-state index in [0.29, 0.717) is 0 Å². The average molecular weight is 436 g/mol. The molecule has 0 heterocycles. The van der Waals surface area contributed by atoms with E-state index in [1.165, 1.54) is 10.1 Å². The molecule has 3 aromatic rings. The Morgan fingerprint density at radius 3 is 1.62 bits per heavy atom. The summed E-state index contributed by atoms with van der Waals surface area (Å²) in [4.78, 5) is 1.20. The van der Waals surface area contributed by atoms with Gasteiger partial charge in [0.05, 0.1) is 16.1 Å². The summed E-state index contributed by atoms with van der Waals surface area (Å²) in [6, 6.07) is 31.1.